The van der Waals surface area contributed by atoms with Crippen molar-refractivity contribution in [2.24, 2.45) is 0 Å². The summed E-state index contributed by atoms with van der Waals surface area (Å²) >= 11 is 0. The largest absolute Gasteiger partial charge is 0.353 e. The van der Waals surface area contributed by atoms with Crippen molar-refractivity contribution in [2.75, 3.05) is 52.4 Å². The van der Waals surface area contributed by atoms with Crippen LogP contribution < -0.4 is 5.32 Å². The molecule has 6 heteroatoms. The normalized spacial score (nSPS) is 21.9. The molecule has 2 aliphatic heterocycles. The summed E-state index contributed by atoms with van der Waals surface area (Å²) in [4.78, 5) is 30.6. The third-order valence-corrected chi connectivity index (χ3v) is 4.92. The highest BCUT2D eigenvalue weighted by Gasteiger charge is 2.23. The van der Waals surface area contributed by atoms with E-state index in [0.29, 0.717) is 13.1 Å². The standard InChI is InChI=1S/C17H32N4O2/c1-3-15(2)18-16(22)13-19-9-11-20(12-10-19)14-17(23)21-7-5-4-6-8-21/h15H,3-14H2,1-2H3,(H,18,22). The number of piperazine rings is 1. The smallest absolute Gasteiger partial charge is 0.236 e. The molecule has 2 heterocycles. The van der Waals surface area contributed by atoms with E-state index in [0.717, 1.165) is 58.5 Å². The van der Waals surface area contributed by atoms with Gasteiger partial charge in [0, 0.05) is 45.3 Å². The molecule has 0 aliphatic carbocycles. The van der Waals surface area contributed by atoms with E-state index in [1.807, 2.05) is 11.8 Å². The molecule has 2 rings (SSSR count). The average molecular weight is 324 g/mol. The van der Waals surface area contributed by atoms with Crippen molar-refractivity contribution in [1.29, 1.82) is 0 Å². The minimum atomic E-state index is 0.109. The molecule has 2 saturated heterocycles. The molecule has 23 heavy (non-hydrogen) atoms. The Labute approximate surface area is 140 Å². The summed E-state index contributed by atoms with van der Waals surface area (Å²) in [5, 5.41) is 3.01. The second kappa shape index (κ2) is 9.23. The van der Waals surface area contributed by atoms with Gasteiger partial charge < -0.3 is 10.2 Å². The topological polar surface area (TPSA) is 55.9 Å². The Balaban J connectivity index is 1.65. The van der Waals surface area contributed by atoms with Crippen LogP contribution in [0.2, 0.25) is 0 Å². The van der Waals surface area contributed by atoms with Gasteiger partial charge in [-0.25, -0.2) is 0 Å². The number of carbonyl (C=O) groups is 2. The molecule has 1 atom stereocenters. The molecule has 0 radical (unpaired) electrons. The summed E-state index contributed by atoms with van der Waals surface area (Å²) in [6, 6.07) is 0.242. The second-order valence-electron chi connectivity index (χ2n) is 6.87. The predicted molar refractivity (Wildman–Crippen MR) is 91.2 cm³/mol. The molecule has 0 aromatic heterocycles. The van der Waals surface area contributed by atoms with Gasteiger partial charge >= 0.3 is 0 Å². The first-order valence-electron chi connectivity index (χ1n) is 9.10. The maximum absolute atomic E-state index is 12.3. The molecule has 0 bridgehead atoms. The fraction of sp³-hybridized carbons (Fsp3) is 0.882. The first-order chi connectivity index (χ1) is 11.1. The zero-order valence-corrected chi connectivity index (χ0v) is 14.7. The molecule has 2 amide bonds. The van der Waals surface area contributed by atoms with Crippen LogP contribution in [0.15, 0.2) is 0 Å². The molecule has 0 saturated carbocycles. The third-order valence-electron chi connectivity index (χ3n) is 4.92. The van der Waals surface area contributed by atoms with Crippen LogP contribution >= 0.6 is 0 Å². The fourth-order valence-corrected chi connectivity index (χ4v) is 3.17. The lowest BCUT2D eigenvalue weighted by molar-refractivity contribution is -0.134. The Kier molecular flexibility index (Phi) is 7.30. The number of likely N-dealkylation sites (tertiary alicyclic amines) is 1. The molecule has 2 aliphatic rings. The van der Waals surface area contributed by atoms with Gasteiger partial charge in [0.05, 0.1) is 13.1 Å². The molecule has 0 aromatic rings. The highest BCUT2D eigenvalue weighted by molar-refractivity contribution is 5.79. The number of nitrogens with one attached hydrogen (secondary N) is 1. The Bertz CT molecular complexity index is 388. The number of hydrogen-bond donors (Lipinski definition) is 1. The minimum Gasteiger partial charge on any atom is -0.353 e. The zero-order chi connectivity index (χ0) is 16.7. The molecule has 2 fully saturated rings. The SMILES string of the molecule is CCC(C)NC(=O)CN1CCN(CC(=O)N2CCCCC2)CC1. The first kappa shape index (κ1) is 18.2. The van der Waals surface area contributed by atoms with Crippen LogP contribution in [0.1, 0.15) is 39.5 Å². The summed E-state index contributed by atoms with van der Waals surface area (Å²) in [6.45, 7) is 10.4. The van der Waals surface area contributed by atoms with Crippen molar-refractivity contribution >= 4 is 11.8 Å². The highest BCUT2D eigenvalue weighted by atomic mass is 16.2. The van der Waals surface area contributed by atoms with E-state index in [2.05, 4.69) is 22.0 Å². The lowest BCUT2D eigenvalue weighted by atomic mass is 10.1. The summed E-state index contributed by atoms with van der Waals surface area (Å²) < 4.78 is 0. The van der Waals surface area contributed by atoms with Gasteiger partial charge in [0.25, 0.3) is 0 Å². The van der Waals surface area contributed by atoms with Gasteiger partial charge in [0.15, 0.2) is 0 Å². The van der Waals surface area contributed by atoms with E-state index < -0.39 is 0 Å². The van der Waals surface area contributed by atoms with E-state index in [1.165, 1.54) is 6.42 Å². The molecule has 1 N–H and O–H groups in total. The lowest BCUT2D eigenvalue weighted by Gasteiger charge is -2.35. The Morgan fingerprint density at radius 1 is 0.913 bits per heavy atom. The van der Waals surface area contributed by atoms with Gasteiger partial charge in [-0.1, -0.05) is 6.92 Å². The van der Waals surface area contributed by atoms with Crippen LogP contribution in [0, 0.1) is 0 Å². The molecular formula is C17H32N4O2. The summed E-state index contributed by atoms with van der Waals surface area (Å²) in [6.07, 6.45) is 4.49. The first-order valence-corrected chi connectivity index (χ1v) is 9.10. The number of piperidine rings is 1. The average Bonchev–Trinajstić information content (AvgIpc) is 2.57. The van der Waals surface area contributed by atoms with Crippen LogP contribution in [0.4, 0.5) is 0 Å². The summed E-state index contributed by atoms with van der Waals surface area (Å²) in [7, 11) is 0. The van der Waals surface area contributed by atoms with E-state index >= 15 is 0 Å². The summed E-state index contributed by atoms with van der Waals surface area (Å²) in [5.41, 5.74) is 0. The maximum Gasteiger partial charge on any atom is 0.236 e. The fourth-order valence-electron chi connectivity index (χ4n) is 3.17. The van der Waals surface area contributed by atoms with Gasteiger partial charge in [-0.3, -0.25) is 19.4 Å². The van der Waals surface area contributed by atoms with Gasteiger partial charge in [-0.2, -0.15) is 0 Å². The number of hydrogen-bond acceptors (Lipinski definition) is 4. The van der Waals surface area contributed by atoms with Crippen molar-refractivity contribution in [2.45, 2.75) is 45.6 Å². The lowest BCUT2D eigenvalue weighted by Crippen LogP contribution is -2.52. The maximum atomic E-state index is 12.3. The number of rotatable bonds is 6. The van der Waals surface area contributed by atoms with Gasteiger partial charge in [-0.05, 0) is 32.6 Å². The highest BCUT2D eigenvalue weighted by Crippen LogP contribution is 2.10. The van der Waals surface area contributed by atoms with Crippen LogP contribution in [0.5, 0.6) is 0 Å². The van der Waals surface area contributed by atoms with E-state index in [4.69, 9.17) is 0 Å². The van der Waals surface area contributed by atoms with E-state index in [-0.39, 0.29) is 17.9 Å². The number of amides is 2. The van der Waals surface area contributed by atoms with E-state index in [9.17, 15) is 9.59 Å². The zero-order valence-electron chi connectivity index (χ0n) is 14.7. The Morgan fingerprint density at radius 3 is 2.04 bits per heavy atom. The Morgan fingerprint density at radius 2 is 1.48 bits per heavy atom. The van der Waals surface area contributed by atoms with Crippen LogP contribution in [0.25, 0.3) is 0 Å². The molecular weight excluding hydrogens is 292 g/mol. The van der Waals surface area contributed by atoms with Crippen LogP contribution in [0.3, 0.4) is 0 Å². The summed E-state index contributed by atoms with van der Waals surface area (Å²) in [5.74, 6) is 0.379. The monoisotopic (exact) mass is 324 g/mol. The quantitative estimate of drug-likeness (QED) is 0.774. The molecule has 1 unspecified atom stereocenters. The van der Waals surface area contributed by atoms with Crippen molar-refractivity contribution in [3.63, 3.8) is 0 Å². The van der Waals surface area contributed by atoms with Crippen LogP contribution in [-0.2, 0) is 9.59 Å². The Hall–Kier alpha value is -1.14. The van der Waals surface area contributed by atoms with Crippen molar-refractivity contribution in [3.05, 3.63) is 0 Å². The van der Waals surface area contributed by atoms with Crippen molar-refractivity contribution in [1.82, 2.24) is 20.0 Å². The number of nitrogens with zero attached hydrogens (tertiary/aromatic N) is 3. The molecule has 0 spiro atoms. The van der Waals surface area contributed by atoms with Crippen LogP contribution in [-0.4, -0.2) is 84.9 Å². The van der Waals surface area contributed by atoms with E-state index in [1.54, 1.807) is 0 Å². The molecule has 6 nitrogen and oxygen atoms in total. The van der Waals surface area contributed by atoms with Crippen molar-refractivity contribution in [3.8, 4) is 0 Å². The van der Waals surface area contributed by atoms with Crippen molar-refractivity contribution < 1.29 is 9.59 Å². The van der Waals surface area contributed by atoms with Gasteiger partial charge in [0.2, 0.25) is 11.8 Å². The third kappa shape index (κ3) is 6.11. The number of carbonyl (C=O) groups excluding carboxylic acids is 2. The van der Waals surface area contributed by atoms with Gasteiger partial charge in [-0.15, -0.1) is 0 Å². The predicted octanol–water partition coefficient (Wildman–Crippen LogP) is 0.531. The second-order valence-corrected chi connectivity index (χ2v) is 6.87. The van der Waals surface area contributed by atoms with Gasteiger partial charge in [0.1, 0.15) is 0 Å². The minimum absolute atomic E-state index is 0.109. The molecule has 132 valence electrons. The molecule has 0 aromatic carbocycles.